The molecule has 1 saturated heterocycles. The van der Waals surface area contributed by atoms with Crippen LogP contribution in [0, 0.1) is 10.1 Å². The van der Waals surface area contributed by atoms with Crippen molar-refractivity contribution in [1.82, 2.24) is 14.5 Å². The molecular weight excluding hydrogens is 336 g/mol. The Bertz CT molecular complexity index is 768. The van der Waals surface area contributed by atoms with Crippen molar-refractivity contribution in [2.75, 3.05) is 30.3 Å². The van der Waals surface area contributed by atoms with E-state index in [1.807, 2.05) is 30.3 Å². The fraction of sp³-hybridized carbons (Fsp3) is 0.412. The highest BCUT2D eigenvalue weighted by Crippen LogP contribution is 2.24. The average Bonchev–Trinajstić information content (AvgIpc) is 2.98. The van der Waals surface area contributed by atoms with Gasteiger partial charge in [-0.3, -0.25) is 14.3 Å². The number of likely N-dealkylation sites (tertiary alicyclic amines) is 1. The van der Waals surface area contributed by atoms with E-state index in [4.69, 9.17) is 0 Å². The maximum absolute atomic E-state index is 12.1. The zero-order valence-corrected chi connectivity index (χ0v) is 14.6. The molecule has 0 spiro atoms. The SMILES string of the molecule is Cn1cnc([N+](=O)[O-])c1NC1CCN(CC(=O)Nc2ccccc2)CC1. The van der Waals surface area contributed by atoms with Crippen molar-refractivity contribution in [3.8, 4) is 0 Å². The molecule has 138 valence electrons. The van der Waals surface area contributed by atoms with Gasteiger partial charge in [-0.15, -0.1) is 0 Å². The van der Waals surface area contributed by atoms with E-state index >= 15 is 0 Å². The van der Waals surface area contributed by atoms with Gasteiger partial charge < -0.3 is 20.7 Å². The Balaban J connectivity index is 1.48. The number of nitro groups is 1. The van der Waals surface area contributed by atoms with Crippen molar-refractivity contribution in [2.24, 2.45) is 7.05 Å². The van der Waals surface area contributed by atoms with Gasteiger partial charge in [0.2, 0.25) is 18.1 Å². The van der Waals surface area contributed by atoms with Crippen molar-refractivity contribution in [1.29, 1.82) is 0 Å². The van der Waals surface area contributed by atoms with E-state index in [0.717, 1.165) is 31.6 Å². The van der Waals surface area contributed by atoms with E-state index in [1.165, 1.54) is 6.33 Å². The molecule has 2 heterocycles. The molecule has 1 aliphatic rings. The quantitative estimate of drug-likeness (QED) is 0.603. The number of aromatic nitrogens is 2. The maximum Gasteiger partial charge on any atom is 0.406 e. The number of hydrogen-bond donors (Lipinski definition) is 2. The van der Waals surface area contributed by atoms with E-state index in [-0.39, 0.29) is 17.8 Å². The number of anilines is 2. The van der Waals surface area contributed by atoms with Crippen LogP contribution in [-0.2, 0) is 11.8 Å². The molecule has 9 nitrogen and oxygen atoms in total. The number of nitrogens with one attached hydrogen (secondary N) is 2. The van der Waals surface area contributed by atoms with Crippen LogP contribution < -0.4 is 10.6 Å². The summed E-state index contributed by atoms with van der Waals surface area (Å²) in [5.74, 6) is 0.234. The van der Waals surface area contributed by atoms with Crippen molar-refractivity contribution in [3.63, 3.8) is 0 Å². The molecule has 0 bridgehead atoms. The van der Waals surface area contributed by atoms with Gasteiger partial charge in [0.25, 0.3) is 0 Å². The minimum Gasteiger partial charge on any atom is -0.361 e. The van der Waals surface area contributed by atoms with Crippen LogP contribution in [0.2, 0.25) is 0 Å². The highest BCUT2D eigenvalue weighted by Gasteiger charge is 2.26. The van der Waals surface area contributed by atoms with Crippen LogP contribution in [0.1, 0.15) is 12.8 Å². The predicted molar refractivity (Wildman–Crippen MR) is 98.0 cm³/mol. The minimum absolute atomic E-state index is 0.0371. The number of carbonyl (C=O) groups is 1. The highest BCUT2D eigenvalue weighted by molar-refractivity contribution is 5.92. The van der Waals surface area contributed by atoms with Gasteiger partial charge in [-0.1, -0.05) is 18.2 Å². The number of carbonyl (C=O) groups excluding carboxylic acids is 1. The first-order valence-corrected chi connectivity index (χ1v) is 8.52. The van der Waals surface area contributed by atoms with Crippen molar-refractivity contribution in [2.45, 2.75) is 18.9 Å². The number of aryl methyl sites for hydroxylation is 1. The number of piperidine rings is 1. The van der Waals surface area contributed by atoms with E-state index in [0.29, 0.717) is 12.4 Å². The standard InChI is InChI=1S/C17H22N6O3/c1-21-12-18-16(23(25)26)17(21)20-14-7-9-22(10-8-14)11-15(24)19-13-5-3-2-4-6-13/h2-6,12,14,20H,7-11H2,1H3,(H,19,24). The third-order valence-corrected chi connectivity index (χ3v) is 4.44. The van der Waals surface area contributed by atoms with Crippen LogP contribution >= 0.6 is 0 Å². The van der Waals surface area contributed by atoms with Crippen molar-refractivity contribution in [3.05, 3.63) is 46.8 Å². The fourth-order valence-corrected chi connectivity index (χ4v) is 3.07. The Kier molecular flexibility index (Phi) is 5.47. The summed E-state index contributed by atoms with van der Waals surface area (Å²) in [5, 5.41) is 17.1. The lowest BCUT2D eigenvalue weighted by molar-refractivity contribution is -0.388. The Morgan fingerprint density at radius 2 is 2.00 bits per heavy atom. The Hall–Kier alpha value is -2.94. The zero-order chi connectivity index (χ0) is 18.5. The molecule has 2 N–H and O–H groups in total. The number of amides is 1. The topological polar surface area (TPSA) is 105 Å². The summed E-state index contributed by atoms with van der Waals surface area (Å²) in [6.45, 7) is 1.85. The summed E-state index contributed by atoms with van der Waals surface area (Å²) in [7, 11) is 1.73. The molecule has 1 aromatic heterocycles. The molecule has 2 aromatic rings. The molecule has 0 unspecified atom stereocenters. The second-order valence-corrected chi connectivity index (χ2v) is 6.39. The van der Waals surface area contributed by atoms with Crippen molar-refractivity contribution >= 4 is 23.2 Å². The summed E-state index contributed by atoms with van der Waals surface area (Å²) in [6, 6.07) is 9.50. The van der Waals surface area contributed by atoms with Gasteiger partial charge in [0.1, 0.15) is 0 Å². The molecular formula is C17H22N6O3. The molecule has 1 amide bonds. The fourth-order valence-electron chi connectivity index (χ4n) is 3.07. The number of para-hydroxylation sites is 1. The third-order valence-electron chi connectivity index (χ3n) is 4.44. The van der Waals surface area contributed by atoms with E-state index in [2.05, 4.69) is 20.5 Å². The number of nitrogens with zero attached hydrogens (tertiary/aromatic N) is 4. The Labute approximate surface area is 151 Å². The summed E-state index contributed by atoms with van der Waals surface area (Å²) >= 11 is 0. The first kappa shape index (κ1) is 17.9. The highest BCUT2D eigenvalue weighted by atomic mass is 16.6. The van der Waals surface area contributed by atoms with Gasteiger partial charge in [0.05, 0.1) is 6.54 Å². The lowest BCUT2D eigenvalue weighted by Gasteiger charge is -2.32. The van der Waals surface area contributed by atoms with E-state index in [9.17, 15) is 14.9 Å². The lowest BCUT2D eigenvalue weighted by atomic mass is 10.1. The zero-order valence-electron chi connectivity index (χ0n) is 14.6. The van der Waals surface area contributed by atoms with E-state index in [1.54, 1.807) is 11.6 Å². The Morgan fingerprint density at radius 3 is 2.65 bits per heavy atom. The normalized spacial score (nSPS) is 15.6. The van der Waals surface area contributed by atoms with Crippen molar-refractivity contribution < 1.29 is 9.72 Å². The van der Waals surface area contributed by atoms with Crippen LogP contribution in [0.25, 0.3) is 0 Å². The Morgan fingerprint density at radius 1 is 1.31 bits per heavy atom. The maximum atomic E-state index is 12.1. The smallest absolute Gasteiger partial charge is 0.361 e. The van der Waals surface area contributed by atoms with Crippen LogP contribution in [0.4, 0.5) is 17.3 Å². The molecule has 1 aromatic carbocycles. The minimum atomic E-state index is -0.481. The number of benzene rings is 1. The molecule has 0 radical (unpaired) electrons. The first-order valence-electron chi connectivity index (χ1n) is 8.52. The van der Waals surface area contributed by atoms with Crippen LogP contribution in [0.5, 0.6) is 0 Å². The predicted octanol–water partition coefficient (Wildman–Crippen LogP) is 1.84. The number of rotatable bonds is 6. The van der Waals surface area contributed by atoms with E-state index < -0.39 is 4.92 Å². The van der Waals surface area contributed by atoms with Crippen LogP contribution in [0.15, 0.2) is 36.7 Å². The van der Waals surface area contributed by atoms with Crippen LogP contribution in [0.3, 0.4) is 0 Å². The molecule has 0 saturated carbocycles. The largest absolute Gasteiger partial charge is 0.406 e. The van der Waals surface area contributed by atoms with Crippen LogP contribution in [-0.4, -0.2) is 51.0 Å². The van der Waals surface area contributed by atoms with Gasteiger partial charge >= 0.3 is 5.82 Å². The molecule has 3 rings (SSSR count). The van der Waals surface area contributed by atoms with Gasteiger partial charge in [0.15, 0.2) is 0 Å². The molecule has 1 fully saturated rings. The number of imidazole rings is 1. The number of hydrogen-bond acceptors (Lipinski definition) is 6. The monoisotopic (exact) mass is 358 g/mol. The summed E-state index contributed by atoms with van der Waals surface area (Å²) < 4.78 is 1.62. The summed E-state index contributed by atoms with van der Waals surface area (Å²) in [6.07, 6.45) is 3.05. The molecule has 26 heavy (non-hydrogen) atoms. The van der Waals surface area contributed by atoms with Gasteiger partial charge in [-0.25, -0.2) is 0 Å². The van der Waals surface area contributed by atoms with Gasteiger partial charge in [-0.05, 0) is 34.9 Å². The second kappa shape index (κ2) is 7.96. The molecule has 0 aliphatic carbocycles. The lowest BCUT2D eigenvalue weighted by Crippen LogP contribution is -2.42. The third kappa shape index (κ3) is 4.37. The second-order valence-electron chi connectivity index (χ2n) is 6.39. The molecule has 9 heteroatoms. The first-order chi connectivity index (χ1) is 12.5. The molecule has 0 atom stereocenters. The average molecular weight is 358 g/mol. The van der Waals surface area contributed by atoms with Gasteiger partial charge in [-0.2, -0.15) is 0 Å². The molecule has 1 aliphatic heterocycles. The summed E-state index contributed by atoms with van der Waals surface area (Å²) in [4.78, 5) is 28.6. The van der Waals surface area contributed by atoms with Gasteiger partial charge in [0, 0.05) is 31.9 Å². The summed E-state index contributed by atoms with van der Waals surface area (Å²) in [5.41, 5.74) is 0.789.